The van der Waals surface area contributed by atoms with Crippen molar-refractivity contribution in [1.82, 2.24) is 5.32 Å². The first kappa shape index (κ1) is 14.1. The second kappa shape index (κ2) is 6.73. The molecular weight excluding hydrogens is 246 g/mol. The van der Waals surface area contributed by atoms with Gasteiger partial charge in [-0.05, 0) is 42.5 Å². The Bertz CT molecular complexity index is 435. The van der Waals surface area contributed by atoms with Crippen molar-refractivity contribution in [2.75, 3.05) is 7.05 Å². The number of fused-ring (bicyclic) bond motifs is 1. The van der Waals surface area contributed by atoms with Crippen molar-refractivity contribution in [3.8, 4) is 0 Å². The average Bonchev–Trinajstić information content (AvgIpc) is 2.89. The van der Waals surface area contributed by atoms with Crippen LogP contribution in [0, 0.1) is 5.92 Å². The molecule has 110 valence electrons. The Morgan fingerprint density at radius 3 is 2.45 bits per heavy atom. The quantitative estimate of drug-likeness (QED) is 0.884. The number of nitrogens with one attached hydrogen (secondary N) is 1. The second-order valence-electron chi connectivity index (χ2n) is 6.39. The van der Waals surface area contributed by atoms with Crippen LogP contribution < -0.4 is 5.32 Å². The van der Waals surface area contributed by atoms with E-state index in [0.29, 0.717) is 6.04 Å². The maximum atomic E-state index is 5.54. The monoisotopic (exact) mass is 273 g/mol. The third-order valence-corrected chi connectivity index (χ3v) is 5.04. The summed E-state index contributed by atoms with van der Waals surface area (Å²) in [5.74, 6) is 0.792. The lowest BCUT2D eigenvalue weighted by atomic mass is 9.82. The molecule has 1 atom stereocenters. The summed E-state index contributed by atoms with van der Waals surface area (Å²) in [5, 5.41) is 3.59. The van der Waals surface area contributed by atoms with Crippen LogP contribution in [0.4, 0.5) is 0 Å². The molecule has 1 aromatic carbocycles. The zero-order chi connectivity index (χ0) is 13.8. The number of hydrogen-bond donors (Lipinski definition) is 1. The normalized spacial score (nSPS) is 22.1. The van der Waals surface area contributed by atoms with Gasteiger partial charge in [-0.1, -0.05) is 50.3 Å². The Kier molecular flexibility index (Phi) is 4.74. The van der Waals surface area contributed by atoms with Gasteiger partial charge in [0.15, 0.2) is 0 Å². The summed E-state index contributed by atoms with van der Waals surface area (Å²) in [6, 6.07) is 7.47. The highest BCUT2D eigenvalue weighted by molar-refractivity contribution is 5.34. The van der Waals surface area contributed by atoms with Gasteiger partial charge in [0.25, 0.3) is 0 Å². The van der Waals surface area contributed by atoms with Crippen LogP contribution >= 0.6 is 0 Å². The topological polar surface area (TPSA) is 21.3 Å². The van der Waals surface area contributed by atoms with E-state index in [9.17, 15) is 0 Å². The molecule has 20 heavy (non-hydrogen) atoms. The van der Waals surface area contributed by atoms with Gasteiger partial charge in [-0.2, -0.15) is 0 Å². The van der Waals surface area contributed by atoms with Crippen molar-refractivity contribution in [3.05, 3.63) is 34.9 Å². The Morgan fingerprint density at radius 2 is 1.70 bits per heavy atom. The third kappa shape index (κ3) is 3.07. The second-order valence-corrected chi connectivity index (χ2v) is 6.39. The molecule has 0 bridgehead atoms. The third-order valence-electron chi connectivity index (χ3n) is 5.04. The molecule has 2 nitrogen and oxygen atoms in total. The van der Waals surface area contributed by atoms with Crippen LogP contribution in [0.5, 0.6) is 0 Å². The van der Waals surface area contributed by atoms with Crippen molar-refractivity contribution in [1.29, 1.82) is 0 Å². The summed E-state index contributed by atoms with van der Waals surface area (Å²) in [5.41, 5.74) is 4.23. The van der Waals surface area contributed by atoms with Gasteiger partial charge in [-0.25, -0.2) is 0 Å². The predicted molar refractivity (Wildman–Crippen MR) is 82.5 cm³/mol. The Labute approximate surface area is 122 Å². The lowest BCUT2D eigenvalue weighted by molar-refractivity contribution is 0.134. The molecule has 1 aromatic rings. The highest BCUT2D eigenvalue weighted by Crippen LogP contribution is 2.34. The highest BCUT2D eigenvalue weighted by Gasteiger charge is 2.23. The van der Waals surface area contributed by atoms with E-state index in [1.54, 1.807) is 0 Å². The van der Waals surface area contributed by atoms with E-state index in [4.69, 9.17) is 4.74 Å². The smallest absolute Gasteiger partial charge is 0.0725 e. The van der Waals surface area contributed by atoms with Gasteiger partial charge in [0.1, 0.15) is 0 Å². The summed E-state index contributed by atoms with van der Waals surface area (Å²) in [6.07, 6.45) is 9.83. The maximum Gasteiger partial charge on any atom is 0.0725 e. The van der Waals surface area contributed by atoms with E-state index in [0.717, 1.165) is 19.1 Å². The molecule has 1 aliphatic heterocycles. The summed E-state index contributed by atoms with van der Waals surface area (Å²) < 4.78 is 5.54. The van der Waals surface area contributed by atoms with E-state index in [1.165, 1.54) is 61.6 Å². The van der Waals surface area contributed by atoms with Gasteiger partial charge in [0.2, 0.25) is 0 Å². The van der Waals surface area contributed by atoms with Gasteiger partial charge >= 0.3 is 0 Å². The van der Waals surface area contributed by atoms with Crippen molar-refractivity contribution in [2.45, 2.75) is 64.2 Å². The minimum atomic E-state index is 0.513. The minimum Gasteiger partial charge on any atom is -0.372 e. The zero-order valence-corrected chi connectivity index (χ0v) is 12.7. The van der Waals surface area contributed by atoms with Crippen molar-refractivity contribution >= 4 is 0 Å². The van der Waals surface area contributed by atoms with E-state index in [2.05, 4.69) is 30.6 Å². The lowest BCUT2D eigenvalue weighted by Crippen LogP contribution is -2.26. The van der Waals surface area contributed by atoms with Crippen LogP contribution in [0.25, 0.3) is 0 Å². The lowest BCUT2D eigenvalue weighted by Gasteiger charge is -2.29. The molecule has 0 radical (unpaired) electrons. The zero-order valence-electron chi connectivity index (χ0n) is 12.7. The molecule has 1 unspecified atom stereocenters. The summed E-state index contributed by atoms with van der Waals surface area (Å²) in [6.45, 7) is 1.59. The number of ether oxygens (including phenoxy) is 1. The number of hydrogen-bond acceptors (Lipinski definition) is 2. The molecule has 1 aliphatic carbocycles. The fourth-order valence-corrected chi connectivity index (χ4v) is 3.88. The molecule has 3 rings (SSSR count). The molecule has 2 heteroatoms. The Hall–Kier alpha value is -0.860. The first-order valence-electron chi connectivity index (χ1n) is 8.25. The Morgan fingerprint density at radius 1 is 1.00 bits per heavy atom. The molecule has 0 saturated heterocycles. The fraction of sp³-hybridized carbons (Fsp3) is 0.667. The van der Waals surface area contributed by atoms with E-state index >= 15 is 0 Å². The van der Waals surface area contributed by atoms with Gasteiger partial charge < -0.3 is 10.1 Å². The van der Waals surface area contributed by atoms with Crippen LogP contribution in [-0.4, -0.2) is 7.05 Å². The summed E-state index contributed by atoms with van der Waals surface area (Å²) in [7, 11) is 2.12. The molecular formula is C18H27NO. The Balaban J connectivity index is 1.77. The van der Waals surface area contributed by atoms with Gasteiger partial charge in [0.05, 0.1) is 13.2 Å². The first-order chi connectivity index (χ1) is 9.88. The van der Waals surface area contributed by atoms with Crippen molar-refractivity contribution < 1.29 is 4.74 Å². The largest absolute Gasteiger partial charge is 0.372 e. The van der Waals surface area contributed by atoms with Crippen molar-refractivity contribution in [3.63, 3.8) is 0 Å². The molecule has 1 heterocycles. The van der Waals surface area contributed by atoms with E-state index in [1.807, 2.05) is 0 Å². The molecule has 0 spiro atoms. The fourth-order valence-electron chi connectivity index (χ4n) is 3.88. The molecule has 1 fully saturated rings. The summed E-state index contributed by atoms with van der Waals surface area (Å²) >= 11 is 0. The van der Waals surface area contributed by atoms with Gasteiger partial charge in [-0.3, -0.25) is 0 Å². The van der Waals surface area contributed by atoms with Crippen LogP contribution in [0.15, 0.2) is 18.2 Å². The highest BCUT2D eigenvalue weighted by atomic mass is 16.5. The molecule has 1 saturated carbocycles. The number of benzene rings is 1. The molecule has 0 amide bonds. The van der Waals surface area contributed by atoms with E-state index in [-0.39, 0.29) is 0 Å². The SMILES string of the molecule is CNC(c1ccc2c(c1)COC2)C1CCCCCCC1. The number of rotatable bonds is 3. The van der Waals surface area contributed by atoms with Crippen LogP contribution in [0.1, 0.15) is 67.7 Å². The summed E-state index contributed by atoms with van der Waals surface area (Å²) in [4.78, 5) is 0. The first-order valence-corrected chi connectivity index (χ1v) is 8.25. The van der Waals surface area contributed by atoms with Crippen LogP contribution in [0.2, 0.25) is 0 Å². The molecule has 2 aliphatic rings. The maximum absolute atomic E-state index is 5.54. The van der Waals surface area contributed by atoms with Crippen LogP contribution in [-0.2, 0) is 18.0 Å². The van der Waals surface area contributed by atoms with Gasteiger partial charge in [0, 0.05) is 6.04 Å². The van der Waals surface area contributed by atoms with Crippen LogP contribution in [0.3, 0.4) is 0 Å². The molecule has 0 aromatic heterocycles. The standard InChI is InChI=1S/C18H27NO/c1-19-18(14-7-5-3-2-4-6-8-14)15-9-10-16-12-20-13-17(16)11-15/h9-11,14,18-19H,2-8,12-13H2,1H3. The minimum absolute atomic E-state index is 0.513. The average molecular weight is 273 g/mol. The van der Waals surface area contributed by atoms with Crippen molar-refractivity contribution in [2.24, 2.45) is 5.92 Å². The predicted octanol–water partition coefficient (Wildman–Crippen LogP) is 4.34. The van der Waals surface area contributed by atoms with Gasteiger partial charge in [-0.15, -0.1) is 0 Å². The van der Waals surface area contributed by atoms with E-state index < -0.39 is 0 Å². The molecule has 1 N–H and O–H groups in total.